The van der Waals surface area contributed by atoms with Crippen molar-refractivity contribution >= 4 is 23.2 Å². The molecule has 0 aliphatic carbocycles. The summed E-state index contributed by atoms with van der Waals surface area (Å²) in [7, 11) is 3.40. The highest BCUT2D eigenvalue weighted by Gasteiger charge is 2.40. The lowest BCUT2D eigenvalue weighted by molar-refractivity contribution is -0.125. The molecule has 2 aromatic rings. The van der Waals surface area contributed by atoms with Crippen molar-refractivity contribution in [1.82, 2.24) is 24.8 Å². The third-order valence-corrected chi connectivity index (χ3v) is 6.05. The third-order valence-electron chi connectivity index (χ3n) is 4.76. The van der Waals surface area contributed by atoms with Crippen LogP contribution in [0, 0.1) is 6.92 Å². The Kier molecular flexibility index (Phi) is 5.91. The molecule has 8 nitrogen and oxygen atoms in total. The number of hydrogen-bond acceptors (Lipinski definition) is 6. The molecule has 1 saturated heterocycles. The molecule has 27 heavy (non-hydrogen) atoms. The van der Waals surface area contributed by atoms with E-state index in [0.717, 1.165) is 22.9 Å². The second-order valence-corrected chi connectivity index (χ2v) is 7.78. The number of amides is 2. The first-order valence-corrected chi connectivity index (χ1v) is 9.77. The van der Waals surface area contributed by atoms with Crippen LogP contribution in [0.2, 0.25) is 0 Å². The van der Waals surface area contributed by atoms with Crippen molar-refractivity contribution in [2.75, 3.05) is 26.8 Å². The largest absolute Gasteiger partial charge is 0.375 e. The molecule has 0 aromatic carbocycles. The van der Waals surface area contributed by atoms with Crippen molar-refractivity contribution in [3.8, 4) is 0 Å². The lowest BCUT2D eigenvalue weighted by Crippen LogP contribution is -2.42. The fourth-order valence-electron chi connectivity index (χ4n) is 3.44. The topological polar surface area (TPSA) is 89.3 Å². The van der Waals surface area contributed by atoms with Crippen molar-refractivity contribution in [2.45, 2.75) is 32.2 Å². The SMILES string of the molecule is CCc1nc(C)c(C(=O)N2C[C@@H](NC(=O)COC)[C@H](c3nccn3C)C2)s1. The minimum absolute atomic E-state index is 0.00839. The molecule has 1 aliphatic heterocycles. The number of thiazole rings is 1. The number of likely N-dealkylation sites (tertiary alicyclic amines) is 1. The lowest BCUT2D eigenvalue weighted by atomic mass is 10.0. The van der Waals surface area contributed by atoms with Gasteiger partial charge >= 0.3 is 0 Å². The highest BCUT2D eigenvalue weighted by Crippen LogP contribution is 2.29. The number of aryl methyl sites for hydroxylation is 3. The van der Waals surface area contributed by atoms with Crippen molar-refractivity contribution in [3.05, 3.63) is 33.8 Å². The predicted molar refractivity (Wildman–Crippen MR) is 102 cm³/mol. The van der Waals surface area contributed by atoms with Crippen LogP contribution in [0.15, 0.2) is 12.4 Å². The monoisotopic (exact) mass is 391 g/mol. The maximum atomic E-state index is 13.1. The van der Waals surface area contributed by atoms with E-state index in [1.165, 1.54) is 18.4 Å². The van der Waals surface area contributed by atoms with Crippen molar-refractivity contribution < 1.29 is 14.3 Å². The maximum Gasteiger partial charge on any atom is 0.265 e. The number of aromatic nitrogens is 3. The summed E-state index contributed by atoms with van der Waals surface area (Å²) >= 11 is 1.45. The van der Waals surface area contributed by atoms with Gasteiger partial charge in [0, 0.05) is 39.6 Å². The van der Waals surface area contributed by atoms with Gasteiger partial charge in [0.15, 0.2) is 0 Å². The zero-order valence-corrected chi connectivity index (χ0v) is 16.9. The Bertz CT molecular complexity index is 831. The minimum atomic E-state index is -0.212. The number of rotatable bonds is 6. The van der Waals surface area contributed by atoms with Crippen LogP contribution >= 0.6 is 11.3 Å². The van der Waals surface area contributed by atoms with Gasteiger partial charge < -0.3 is 19.5 Å². The summed E-state index contributed by atoms with van der Waals surface area (Å²) in [6.45, 7) is 4.82. The maximum absolute atomic E-state index is 13.1. The average molecular weight is 391 g/mol. The second-order valence-electron chi connectivity index (χ2n) is 6.70. The van der Waals surface area contributed by atoms with Crippen molar-refractivity contribution in [3.63, 3.8) is 0 Å². The number of ether oxygens (including phenoxy) is 1. The van der Waals surface area contributed by atoms with E-state index in [9.17, 15) is 9.59 Å². The van der Waals surface area contributed by atoms with E-state index < -0.39 is 0 Å². The third kappa shape index (κ3) is 4.03. The number of carbonyl (C=O) groups excluding carboxylic acids is 2. The van der Waals surface area contributed by atoms with E-state index in [1.54, 1.807) is 11.1 Å². The molecule has 1 fully saturated rings. The molecule has 0 spiro atoms. The Balaban J connectivity index is 1.83. The summed E-state index contributed by atoms with van der Waals surface area (Å²) in [5.74, 6) is 0.544. The average Bonchev–Trinajstić information content (AvgIpc) is 3.33. The Labute approximate surface area is 162 Å². The number of methoxy groups -OCH3 is 1. The first-order valence-electron chi connectivity index (χ1n) is 8.95. The van der Waals surface area contributed by atoms with Crippen LogP contribution in [0.5, 0.6) is 0 Å². The second kappa shape index (κ2) is 8.18. The van der Waals surface area contributed by atoms with Gasteiger partial charge in [-0.15, -0.1) is 11.3 Å². The van der Waals surface area contributed by atoms with Crippen molar-refractivity contribution in [2.24, 2.45) is 7.05 Å². The van der Waals surface area contributed by atoms with Crippen LogP contribution in [0.3, 0.4) is 0 Å². The first kappa shape index (κ1) is 19.5. The first-order chi connectivity index (χ1) is 12.9. The van der Waals surface area contributed by atoms with E-state index in [2.05, 4.69) is 15.3 Å². The van der Waals surface area contributed by atoms with Crippen LogP contribution in [0.25, 0.3) is 0 Å². The molecule has 3 rings (SSSR count). The minimum Gasteiger partial charge on any atom is -0.375 e. The molecular formula is C18H25N5O3S. The van der Waals surface area contributed by atoms with Crippen LogP contribution < -0.4 is 5.32 Å². The van der Waals surface area contributed by atoms with Gasteiger partial charge in [-0.1, -0.05) is 6.92 Å². The Morgan fingerprint density at radius 1 is 1.41 bits per heavy atom. The van der Waals surface area contributed by atoms with Gasteiger partial charge in [-0.3, -0.25) is 9.59 Å². The quantitative estimate of drug-likeness (QED) is 0.797. The molecular weight excluding hydrogens is 366 g/mol. The van der Waals surface area contributed by atoms with E-state index in [0.29, 0.717) is 18.0 Å². The van der Waals surface area contributed by atoms with Crippen LogP contribution in [-0.2, 0) is 23.0 Å². The molecule has 0 saturated carbocycles. The summed E-state index contributed by atoms with van der Waals surface area (Å²) in [6.07, 6.45) is 4.41. The van der Waals surface area contributed by atoms with Gasteiger partial charge in [0.2, 0.25) is 5.91 Å². The summed E-state index contributed by atoms with van der Waals surface area (Å²) in [4.78, 5) is 36.5. The van der Waals surface area contributed by atoms with Gasteiger partial charge in [0.1, 0.15) is 17.3 Å². The molecule has 2 amide bonds. The Hall–Kier alpha value is -2.26. The molecule has 0 unspecified atom stereocenters. The van der Waals surface area contributed by atoms with E-state index in [4.69, 9.17) is 4.74 Å². The molecule has 1 N–H and O–H groups in total. The molecule has 0 bridgehead atoms. The molecule has 3 heterocycles. The fraction of sp³-hybridized carbons (Fsp3) is 0.556. The number of nitrogens with zero attached hydrogens (tertiary/aromatic N) is 4. The zero-order chi connectivity index (χ0) is 19.6. The fourth-order valence-corrected chi connectivity index (χ4v) is 4.41. The van der Waals surface area contributed by atoms with E-state index in [1.807, 2.05) is 31.7 Å². The predicted octanol–water partition coefficient (Wildman–Crippen LogP) is 1.12. The summed E-state index contributed by atoms with van der Waals surface area (Å²) in [6, 6.07) is -0.212. The van der Waals surface area contributed by atoms with Gasteiger partial charge in [-0.05, 0) is 13.3 Å². The highest BCUT2D eigenvalue weighted by molar-refractivity contribution is 7.13. The van der Waals surface area contributed by atoms with Gasteiger partial charge in [0.05, 0.1) is 22.7 Å². The number of imidazole rings is 1. The lowest BCUT2D eigenvalue weighted by Gasteiger charge is -2.19. The zero-order valence-electron chi connectivity index (χ0n) is 16.1. The molecule has 1 aliphatic rings. The normalized spacial score (nSPS) is 19.5. The summed E-state index contributed by atoms with van der Waals surface area (Å²) < 4.78 is 6.85. The highest BCUT2D eigenvalue weighted by atomic mass is 32.1. The van der Waals surface area contributed by atoms with Crippen molar-refractivity contribution in [1.29, 1.82) is 0 Å². The molecule has 2 atom stereocenters. The van der Waals surface area contributed by atoms with Gasteiger partial charge in [0.25, 0.3) is 5.91 Å². The molecule has 9 heteroatoms. The summed E-state index contributed by atoms with van der Waals surface area (Å²) in [5, 5.41) is 3.95. The smallest absolute Gasteiger partial charge is 0.265 e. The van der Waals surface area contributed by atoms with Crippen LogP contribution in [-0.4, -0.2) is 64.1 Å². The number of nitrogens with one attached hydrogen (secondary N) is 1. The Morgan fingerprint density at radius 3 is 2.78 bits per heavy atom. The van der Waals surface area contributed by atoms with Gasteiger partial charge in [-0.25, -0.2) is 9.97 Å². The van der Waals surface area contributed by atoms with Crippen LogP contribution in [0.1, 0.15) is 39.0 Å². The van der Waals surface area contributed by atoms with E-state index in [-0.39, 0.29) is 30.4 Å². The molecule has 2 aromatic heterocycles. The van der Waals surface area contributed by atoms with Gasteiger partial charge in [-0.2, -0.15) is 0 Å². The standard InChI is InChI=1S/C18H25N5O3S/c1-5-15-20-11(2)16(27-15)18(25)23-8-12(17-19-6-7-22(17)3)13(9-23)21-14(24)10-26-4/h6-7,12-13H,5,8-10H2,1-4H3,(H,21,24)/t12-,13-/m1/s1. The Morgan fingerprint density at radius 2 is 2.19 bits per heavy atom. The molecule has 0 radical (unpaired) electrons. The van der Waals surface area contributed by atoms with Crippen LogP contribution in [0.4, 0.5) is 0 Å². The summed E-state index contributed by atoms with van der Waals surface area (Å²) in [5.41, 5.74) is 0.766. The number of carbonyl (C=O) groups is 2. The number of hydrogen-bond donors (Lipinski definition) is 1. The van der Waals surface area contributed by atoms with E-state index >= 15 is 0 Å². The molecule has 146 valence electrons.